The summed E-state index contributed by atoms with van der Waals surface area (Å²) in [5, 5.41) is 35.3. The van der Waals surface area contributed by atoms with Crippen LogP contribution in [-0.4, -0.2) is 51.6 Å². The number of hydrogen-bond acceptors (Lipinski definition) is 5. The Labute approximate surface area is 57.5 Å². The Balaban J connectivity index is 2.52. The lowest BCUT2D eigenvalue weighted by Crippen LogP contribution is -2.52. The van der Waals surface area contributed by atoms with E-state index >= 15 is 0 Å². The van der Waals surface area contributed by atoms with Crippen molar-refractivity contribution in [1.29, 1.82) is 0 Å². The normalized spacial score (nSPS) is 49.2. The van der Waals surface area contributed by atoms with Crippen LogP contribution in [0.15, 0.2) is 0 Å². The summed E-state index contributed by atoms with van der Waals surface area (Å²) in [4.78, 5) is 0. The fourth-order valence-electron chi connectivity index (χ4n) is 0.791. The molecule has 10 heavy (non-hydrogen) atoms. The highest BCUT2D eigenvalue weighted by atomic mass is 16.6. The number of rotatable bonds is 0. The van der Waals surface area contributed by atoms with E-state index in [0.717, 1.165) is 0 Å². The molecule has 4 atom stereocenters. The van der Waals surface area contributed by atoms with Crippen LogP contribution in [0.1, 0.15) is 0 Å². The highest BCUT2D eigenvalue weighted by Crippen LogP contribution is 2.12. The van der Waals surface area contributed by atoms with Crippen molar-refractivity contribution >= 4 is 0 Å². The van der Waals surface area contributed by atoms with Crippen molar-refractivity contribution in [3.8, 4) is 0 Å². The molecule has 1 heterocycles. The SMILES string of the molecule is OC1[C@H](O)OC[C@@H](O)[C@@H]1O. The van der Waals surface area contributed by atoms with Gasteiger partial charge in [-0.2, -0.15) is 0 Å². The van der Waals surface area contributed by atoms with Gasteiger partial charge in [-0.25, -0.2) is 0 Å². The molecule has 1 aliphatic heterocycles. The summed E-state index contributed by atoms with van der Waals surface area (Å²) in [5.41, 5.74) is 0. The van der Waals surface area contributed by atoms with Crippen LogP contribution >= 0.6 is 0 Å². The second-order valence-corrected chi connectivity index (χ2v) is 2.27. The van der Waals surface area contributed by atoms with Gasteiger partial charge in [0.2, 0.25) is 0 Å². The van der Waals surface area contributed by atoms with Gasteiger partial charge in [0.1, 0.15) is 18.3 Å². The van der Waals surface area contributed by atoms with E-state index in [-0.39, 0.29) is 6.61 Å². The lowest BCUT2D eigenvalue weighted by molar-refractivity contribution is -0.252. The zero-order valence-electron chi connectivity index (χ0n) is 5.21. The summed E-state index contributed by atoms with van der Waals surface area (Å²) in [6, 6.07) is 0. The average Bonchev–Trinajstić information content (AvgIpc) is 1.93. The summed E-state index contributed by atoms with van der Waals surface area (Å²) in [7, 11) is 0. The Morgan fingerprint density at radius 3 is 2.10 bits per heavy atom. The van der Waals surface area contributed by atoms with Crippen molar-refractivity contribution in [1.82, 2.24) is 0 Å². The standard InChI is InChI=1S/C5H10O5/c6-2-1-10-5(9)4(8)3(2)7/h2-9H,1H2/t2-,3+,4?,5-/m1/s1. The monoisotopic (exact) mass is 150 g/mol. The number of ether oxygens (including phenoxy) is 1. The number of aliphatic hydroxyl groups is 4. The average molecular weight is 150 g/mol. The molecular weight excluding hydrogens is 140 g/mol. The Kier molecular flexibility index (Phi) is 2.22. The first-order chi connectivity index (χ1) is 4.63. The van der Waals surface area contributed by atoms with Crippen LogP contribution in [0, 0.1) is 0 Å². The van der Waals surface area contributed by atoms with Crippen LogP contribution in [0.5, 0.6) is 0 Å². The highest BCUT2D eigenvalue weighted by Gasteiger charge is 2.36. The largest absolute Gasteiger partial charge is 0.388 e. The fraction of sp³-hybridized carbons (Fsp3) is 1.00. The molecule has 0 amide bonds. The Hall–Kier alpha value is -0.200. The molecule has 5 nitrogen and oxygen atoms in total. The fourth-order valence-corrected chi connectivity index (χ4v) is 0.791. The topological polar surface area (TPSA) is 90.2 Å². The van der Waals surface area contributed by atoms with Crippen LogP contribution in [-0.2, 0) is 4.74 Å². The lowest BCUT2D eigenvalue weighted by atomic mass is 10.1. The molecule has 0 bridgehead atoms. The van der Waals surface area contributed by atoms with Crippen molar-refractivity contribution in [2.24, 2.45) is 0 Å². The third-order valence-corrected chi connectivity index (χ3v) is 1.47. The van der Waals surface area contributed by atoms with E-state index in [1.165, 1.54) is 0 Å². The Morgan fingerprint density at radius 2 is 1.60 bits per heavy atom. The predicted octanol–water partition coefficient (Wildman–Crippen LogP) is -2.58. The van der Waals surface area contributed by atoms with Crippen molar-refractivity contribution < 1.29 is 25.2 Å². The molecular formula is C5H10O5. The molecule has 5 heteroatoms. The molecule has 1 aliphatic rings. The first kappa shape index (κ1) is 7.90. The molecule has 4 N–H and O–H groups in total. The molecule has 0 spiro atoms. The smallest absolute Gasteiger partial charge is 0.183 e. The van der Waals surface area contributed by atoms with Gasteiger partial charge in [-0.1, -0.05) is 0 Å². The third kappa shape index (κ3) is 1.28. The first-order valence-electron chi connectivity index (χ1n) is 2.97. The predicted molar refractivity (Wildman–Crippen MR) is 30.0 cm³/mol. The zero-order valence-corrected chi connectivity index (χ0v) is 5.21. The Morgan fingerprint density at radius 1 is 1.00 bits per heavy atom. The van der Waals surface area contributed by atoms with E-state index in [0.29, 0.717) is 0 Å². The highest BCUT2D eigenvalue weighted by molar-refractivity contribution is 4.81. The second-order valence-electron chi connectivity index (χ2n) is 2.27. The summed E-state index contributed by atoms with van der Waals surface area (Å²) in [5.74, 6) is 0. The molecule has 0 aromatic carbocycles. The van der Waals surface area contributed by atoms with Gasteiger partial charge in [0, 0.05) is 0 Å². The van der Waals surface area contributed by atoms with Crippen LogP contribution in [0.2, 0.25) is 0 Å². The lowest BCUT2D eigenvalue weighted by Gasteiger charge is -2.31. The van der Waals surface area contributed by atoms with E-state index in [1.807, 2.05) is 0 Å². The summed E-state index contributed by atoms with van der Waals surface area (Å²) >= 11 is 0. The van der Waals surface area contributed by atoms with Gasteiger partial charge in [-0.3, -0.25) is 0 Å². The third-order valence-electron chi connectivity index (χ3n) is 1.47. The van der Waals surface area contributed by atoms with Gasteiger partial charge in [-0.05, 0) is 0 Å². The van der Waals surface area contributed by atoms with Gasteiger partial charge in [0.25, 0.3) is 0 Å². The maximum absolute atomic E-state index is 8.88. The van der Waals surface area contributed by atoms with Gasteiger partial charge in [0.15, 0.2) is 6.29 Å². The van der Waals surface area contributed by atoms with E-state index < -0.39 is 24.6 Å². The van der Waals surface area contributed by atoms with Gasteiger partial charge < -0.3 is 25.2 Å². The van der Waals surface area contributed by atoms with Crippen molar-refractivity contribution in [3.05, 3.63) is 0 Å². The quantitative estimate of drug-likeness (QED) is 0.304. The molecule has 0 aromatic heterocycles. The number of hydrogen-bond donors (Lipinski definition) is 4. The molecule has 0 aromatic rings. The maximum Gasteiger partial charge on any atom is 0.183 e. The minimum absolute atomic E-state index is 0.153. The van der Waals surface area contributed by atoms with Crippen molar-refractivity contribution in [2.45, 2.75) is 24.6 Å². The van der Waals surface area contributed by atoms with E-state index in [2.05, 4.69) is 4.74 Å². The summed E-state index contributed by atoms with van der Waals surface area (Å²) in [6.07, 6.45) is -5.23. The van der Waals surface area contributed by atoms with E-state index in [9.17, 15) is 0 Å². The molecule has 60 valence electrons. The van der Waals surface area contributed by atoms with Crippen LogP contribution in [0.4, 0.5) is 0 Å². The number of aliphatic hydroxyl groups excluding tert-OH is 4. The molecule has 0 aliphatic carbocycles. The molecule has 1 saturated heterocycles. The van der Waals surface area contributed by atoms with Crippen molar-refractivity contribution in [2.75, 3.05) is 6.61 Å². The van der Waals surface area contributed by atoms with Crippen LogP contribution in [0.3, 0.4) is 0 Å². The van der Waals surface area contributed by atoms with E-state index in [1.54, 1.807) is 0 Å². The van der Waals surface area contributed by atoms with Crippen LogP contribution in [0.25, 0.3) is 0 Å². The van der Waals surface area contributed by atoms with Crippen molar-refractivity contribution in [3.63, 3.8) is 0 Å². The van der Waals surface area contributed by atoms with Gasteiger partial charge in [-0.15, -0.1) is 0 Å². The molecule has 0 radical (unpaired) electrons. The minimum Gasteiger partial charge on any atom is -0.388 e. The van der Waals surface area contributed by atoms with E-state index in [4.69, 9.17) is 20.4 Å². The molecule has 1 rings (SSSR count). The summed E-state index contributed by atoms with van der Waals surface area (Å²) < 4.78 is 4.47. The summed E-state index contributed by atoms with van der Waals surface area (Å²) in [6.45, 7) is -0.153. The maximum atomic E-state index is 8.88. The van der Waals surface area contributed by atoms with Gasteiger partial charge >= 0.3 is 0 Å². The van der Waals surface area contributed by atoms with Gasteiger partial charge in [0.05, 0.1) is 6.61 Å². The first-order valence-corrected chi connectivity index (χ1v) is 2.97. The second kappa shape index (κ2) is 2.81. The zero-order chi connectivity index (χ0) is 7.72. The van der Waals surface area contributed by atoms with Crippen LogP contribution < -0.4 is 0 Å². The minimum atomic E-state index is -1.41. The molecule has 1 unspecified atom stereocenters. The molecule has 1 fully saturated rings. The Bertz CT molecular complexity index is 103. The molecule has 0 saturated carbocycles.